The Bertz CT molecular complexity index is 539. The van der Waals surface area contributed by atoms with Crippen LogP contribution in [-0.4, -0.2) is 19.1 Å². The molecule has 0 saturated carbocycles. The van der Waals surface area contributed by atoms with Gasteiger partial charge >= 0.3 is 0 Å². The number of nitrogens with two attached hydrogens (primary N) is 1. The minimum atomic E-state index is 0.656. The molecule has 0 unspecified atom stereocenters. The maximum absolute atomic E-state index is 5.81. The summed E-state index contributed by atoms with van der Waals surface area (Å²) in [6.07, 6.45) is 0. The quantitative estimate of drug-likeness (QED) is 0.862. The molecule has 0 aliphatic carbocycles. The molecule has 96 valence electrons. The second kappa shape index (κ2) is 5.27. The van der Waals surface area contributed by atoms with E-state index in [0.29, 0.717) is 11.4 Å². The summed E-state index contributed by atoms with van der Waals surface area (Å²) in [6.45, 7) is 2.87. The summed E-state index contributed by atoms with van der Waals surface area (Å²) in [4.78, 5) is 7.69. The smallest absolute Gasteiger partial charge is 0.143 e. The average Bonchev–Trinajstić information content (AvgIpc) is 2.75. The predicted octanol–water partition coefficient (Wildman–Crippen LogP) is 2.68. The van der Waals surface area contributed by atoms with Crippen LogP contribution >= 0.6 is 11.3 Å². The van der Waals surface area contributed by atoms with Crippen molar-refractivity contribution in [2.75, 3.05) is 24.8 Å². The third-order valence-electron chi connectivity index (χ3n) is 2.88. The van der Waals surface area contributed by atoms with Crippen molar-refractivity contribution in [1.82, 2.24) is 4.98 Å². The summed E-state index contributed by atoms with van der Waals surface area (Å²) in [7, 11) is 3.67. The summed E-state index contributed by atoms with van der Waals surface area (Å²) in [5, 5.41) is 0. The molecule has 2 rings (SSSR count). The van der Waals surface area contributed by atoms with Crippen LogP contribution in [-0.2, 0) is 6.54 Å². The number of hydrogen-bond acceptors (Lipinski definition) is 5. The van der Waals surface area contributed by atoms with Crippen molar-refractivity contribution in [1.29, 1.82) is 0 Å². The zero-order chi connectivity index (χ0) is 13.1. The number of thiazole rings is 1. The fraction of sp³-hybridized carbons (Fsp3) is 0.308. The summed E-state index contributed by atoms with van der Waals surface area (Å²) < 4.78 is 5.23. The number of benzene rings is 1. The maximum Gasteiger partial charge on any atom is 0.143 e. The van der Waals surface area contributed by atoms with E-state index >= 15 is 0 Å². The van der Waals surface area contributed by atoms with E-state index in [0.717, 1.165) is 17.9 Å². The van der Waals surface area contributed by atoms with Crippen molar-refractivity contribution in [3.8, 4) is 5.75 Å². The molecule has 0 amide bonds. The van der Waals surface area contributed by atoms with Gasteiger partial charge in [0, 0.05) is 23.7 Å². The first-order valence-electron chi connectivity index (χ1n) is 5.65. The van der Waals surface area contributed by atoms with E-state index in [1.54, 1.807) is 18.4 Å². The lowest BCUT2D eigenvalue weighted by molar-refractivity contribution is 0.417. The van der Waals surface area contributed by atoms with Gasteiger partial charge in [0.25, 0.3) is 0 Å². The predicted molar refractivity (Wildman–Crippen MR) is 76.4 cm³/mol. The van der Waals surface area contributed by atoms with Gasteiger partial charge in [-0.15, -0.1) is 11.3 Å². The summed E-state index contributed by atoms with van der Waals surface area (Å²) in [6, 6.07) is 5.81. The first kappa shape index (κ1) is 12.7. The Labute approximate surface area is 111 Å². The molecule has 1 heterocycles. The number of nitrogen functional groups attached to an aromatic ring is 1. The highest BCUT2D eigenvalue weighted by Crippen LogP contribution is 2.28. The lowest BCUT2D eigenvalue weighted by atomic mass is 10.2. The fourth-order valence-corrected chi connectivity index (χ4v) is 2.55. The van der Waals surface area contributed by atoms with Gasteiger partial charge in [-0.1, -0.05) is 0 Å². The van der Waals surface area contributed by atoms with Crippen molar-refractivity contribution in [2.45, 2.75) is 13.5 Å². The third kappa shape index (κ3) is 2.56. The number of nitrogens with zero attached hydrogens (tertiary/aromatic N) is 2. The van der Waals surface area contributed by atoms with Crippen LogP contribution in [0.5, 0.6) is 5.75 Å². The van der Waals surface area contributed by atoms with E-state index in [1.165, 1.54) is 4.88 Å². The van der Waals surface area contributed by atoms with Crippen molar-refractivity contribution < 1.29 is 4.74 Å². The summed E-state index contributed by atoms with van der Waals surface area (Å²) in [5.74, 6) is 0.709. The number of ether oxygens (including phenoxy) is 1. The minimum Gasteiger partial charge on any atom is -0.495 e. The number of aromatic nitrogens is 1. The lowest BCUT2D eigenvalue weighted by Crippen LogP contribution is -2.16. The topological polar surface area (TPSA) is 51.4 Å². The standard InChI is InChI=1S/C13H17N3OS/c1-9-13(18-8-15-9)7-16(2)10-4-5-11(14)12(6-10)17-3/h4-6,8H,7,14H2,1-3H3. The van der Waals surface area contributed by atoms with Gasteiger partial charge in [0.05, 0.1) is 30.5 Å². The Balaban J connectivity index is 2.18. The van der Waals surface area contributed by atoms with Crippen LogP contribution < -0.4 is 15.4 Å². The van der Waals surface area contributed by atoms with Crippen LogP contribution in [0.15, 0.2) is 23.7 Å². The molecule has 0 radical (unpaired) electrons. The Kier molecular flexibility index (Phi) is 3.72. The summed E-state index contributed by atoms with van der Waals surface area (Å²) in [5.41, 5.74) is 10.5. The third-order valence-corrected chi connectivity index (χ3v) is 3.80. The van der Waals surface area contributed by atoms with Crippen molar-refractivity contribution >= 4 is 22.7 Å². The number of rotatable bonds is 4. The van der Waals surface area contributed by atoms with E-state index in [4.69, 9.17) is 10.5 Å². The number of aryl methyl sites for hydroxylation is 1. The largest absolute Gasteiger partial charge is 0.495 e. The number of methoxy groups -OCH3 is 1. The van der Waals surface area contributed by atoms with Crippen LogP contribution in [0.25, 0.3) is 0 Å². The van der Waals surface area contributed by atoms with Crippen LogP contribution in [0.2, 0.25) is 0 Å². The molecule has 2 N–H and O–H groups in total. The molecule has 2 aromatic rings. The molecule has 4 nitrogen and oxygen atoms in total. The SMILES string of the molecule is COc1cc(N(C)Cc2scnc2C)ccc1N. The van der Waals surface area contributed by atoms with Gasteiger partial charge in [-0.3, -0.25) is 0 Å². The molecule has 0 saturated heterocycles. The highest BCUT2D eigenvalue weighted by Gasteiger charge is 2.08. The van der Waals surface area contributed by atoms with E-state index in [2.05, 4.69) is 9.88 Å². The lowest BCUT2D eigenvalue weighted by Gasteiger charge is -2.20. The molecule has 0 bridgehead atoms. The van der Waals surface area contributed by atoms with Gasteiger partial charge in [-0.05, 0) is 19.1 Å². The molecule has 0 spiro atoms. The molecule has 0 aliphatic heterocycles. The van der Waals surface area contributed by atoms with Gasteiger partial charge in [0.15, 0.2) is 0 Å². The van der Waals surface area contributed by atoms with Gasteiger partial charge in [0.1, 0.15) is 5.75 Å². The second-order valence-electron chi connectivity index (χ2n) is 4.14. The Morgan fingerprint density at radius 3 is 2.83 bits per heavy atom. The van der Waals surface area contributed by atoms with Crippen LogP contribution in [0, 0.1) is 6.92 Å². The van der Waals surface area contributed by atoms with Gasteiger partial charge in [-0.25, -0.2) is 4.98 Å². The normalized spacial score (nSPS) is 10.4. The second-order valence-corrected chi connectivity index (χ2v) is 5.08. The molecular formula is C13H17N3OS. The van der Waals surface area contributed by atoms with Crippen LogP contribution in [0.4, 0.5) is 11.4 Å². The van der Waals surface area contributed by atoms with Gasteiger partial charge in [-0.2, -0.15) is 0 Å². The monoisotopic (exact) mass is 263 g/mol. The first-order valence-corrected chi connectivity index (χ1v) is 6.53. The van der Waals surface area contributed by atoms with E-state index < -0.39 is 0 Å². The van der Waals surface area contributed by atoms with Crippen molar-refractivity contribution in [2.24, 2.45) is 0 Å². The van der Waals surface area contributed by atoms with E-state index in [9.17, 15) is 0 Å². The van der Waals surface area contributed by atoms with Crippen molar-refractivity contribution in [3.05, 3.63) is 34.3 Å². The van der Waals surface area contributed by atoms with Gasteiger partial charge in [0.2, 0.25) is 0 Å². The molecule has 0 fully saturated rings. The highest BCUT2D eigenvalue weighted by atomic mass is 32.1. The molecule has 1 aromatic carbocycles. The maximum atomic E-state index is 5.81. The van der Waals surface area contributed by atoms with Crippen LogP contribution in [0.3, 0.4) is 0 Å². The molecular weight excluding hydrogens is 246 g/mol. The molecule has 0 atom stereocenters. The summed E-state index contributed by atoms with van der Waals surface area (Å²) >= 11 is 1.68. The zero-order valence-corrected chi connectivity index (χ0v) is 11.6. The highest BCUT2D eigenvalue weighted by molar-refractivity contribution is 7.09. The molecule has 1 aromatic heterocycles. The minimum absolute atomic E-state index is 0.656. The van der Waals surface area contributed by atoms with Gasteiger partial charge < -0.3 is 15.4 Å². The molecule has 5 heteroatoms. The zero-order valence-electron chi connectivity index (χ0n) is 10.8. The number of hydrogen-bond donors (Lipinski definition) is 1. The Morgan fingerprint density at radius 1 is 1.44 bits per heavy atom. The Hall–Kier alpha value is -1.75. The van der Waals surface area contributed by atoms with E-state index in [-0.39, 0.29) is 0 Å². The fourth-order valence-electron chi connectivity index (χ4n) is 1.72. The van der Waals surface area contributed by atoms with Crippen LogP contribution in [0.1, 0.15) is 10.6 Å². The molecule has 18 heavy (non-hydrogen) atoms. The van der Waals surface area contributed by atoms with E-state index in [1.807, 2.05) is 37.7 Å². The Morgan fingerprint density at radius 2 is 2.22 bits per heavy atom. The number of anilines is 2. The molecule has 0 aliphatic rings. The average molecular weight is 263 g/mol. The first-order chi connectivity index (χ1) is 8.61. The van der Waals surface area contributed by atoms with Crippen molar-refractivity contribution in [3.63, 3.8) is 0 Å².